The van der Waals surface area contributed by atoms with Gasteiger partial charge < -0.3 is 9.47 Å². The van der Waals surface area contributed by atoms with Gasteiger partial charge in [0.25, 0.3) is 0 Å². The quantitative estimate of drug-likeness (QED) is 0.143. The molecule has 196 valence electrons. The SMILES string of the molecule is COc1c(F)c(F)c(-c2c(F)c(F)c(Oc3ccc(C(=O)c4ccc(C)cc4)cc3)c(F)c2F)c(F)c1F. The van der Waals surface area contributed by atoms with Gasteiger partial charge in [0.05, 0.1) is 18.2 Å². The van der Waals surface area contributed by atoms with Crippen LogP contribution in [0.5, 0.6) is 17.2 Å². The Balaban J connectivity index is 1.73. The lowest BCUT2D eigenvalue weighted by atomic mass is 10.0. The molecule has 4 aromatic carbocycles. The summed E-state index contributed by atoms with van der Waals surface area (Å²) in [5, 5.41) is 0. The highest BCUT2D eigenvalue weighted by atomic mass is 19.2. The number of hydrogen-bond donors (Lipinski definition) is 0. The smallest absolute Gasteiger partial charge is 0.205 e. The molecule has 0 atom stereocenters. The van der Waals surface area contributed by atoms with E-state index < -0.39 is 74.9 Å². The van der Waals surface area contributed by atoms with Gasteiger partial charge in [-0.3, -0.25) is 4.79 Å². The summed E-state index contributed by atoms with van der Waals surface area (Å²) in [4.78, 5) is 12.6. The van der Waals surface area contributed by atoms with E-state index in [0.29, 0.717) is 12.7 Å². The zero-order chi connectivity index (χ0) is 27.9. The molecule has 0 saturated heterocycles. The summed E-state index contributed by atoms with van der Waals surface area (Å²) in [6, 6.07) is 11.2. The second kappa shape index (κ2) is 10.2. The lowest BCUT2D eigenvalue weighted by molar-refractivity contribution is 0.103. The summed E-state index contributed by atoms with van der Waals surface area (Å²) >= 11 is 0. The molecule has 0 aliphatic carbocycles. The van der Waals surface area contributed by atoms with Crippen molar-refractivity contribution in [3.05, 3.63) is 112 Å². The second-order valence-corrected chi connectivity index (χ2v) is 7.95. The first-order valence-electron chi connectivity index (χ1n) is 10.6. The Morgan fingerprint density at radius 1 is 0.553 bits per heavy atom. The molecule has 0 amide bonds. The lowest BCUT2D eigenvalue weighted by Gasteiger charge is -2.15. The third-order valence-corrected chi connectivity index (χ3v) is 5.55. The second-order valence-electron chi connectivity index (χ2n) is 7.95. The number of carbonyl (C=O) groups is 1. The van der Waals surface area contributed by atoms with Crippen LogP contribution in [0.4, 0.5) is 35.1 Å². The Hall–Kier alpha value is -4.41. The number of methoxy groups -OCH3 is 1. The molecule has 0 unspecified atom stereocenters. The molecule has 0 heterocycles. The zero-order valence-corrected chi connectivity index (χ0v) is 19.4. The van der Waals surface area contributed by atoms with Crippen LogP contribution >= 0.6 is 0 Å². The van der Waals surface area contributed by atoms with E-state index in [0.717, 1.165) is 17.7 Å². The zero-order valence-electron chi connectivity index (χ0n) is 19.4. The molecule has 4 aromatic rings. The summed E-state index contributed by atoms with van der Waals surface area (Å²) < 4.78 is 125. The number of aryl methyl sites for hydroxylation is 1. The number of benzene rings is 4. The number of ether oxygens (including phenoxy) is 2. The highest BCUT2D eigenvalue weighted by molar-refractivity contribution is 6.09. The molecule has 0 bridgehead atoms. The normalized spacial score (nSPS) is 11.0. The van der Waals surface area contributed by atoms with Crippen molar-refractivity contribution in [3.63, 3.8) is 0 Å². The minimum absolute atomic E-state index is 0.157. The van der Waals surface area contributed by atoms with E-state index in [4.69, 9.17) is 4.74 Å². The fourth-order valence-electron chi connectivity index (χ4n) is 3.59. The number of halogens is 8. The van der Waals surface area contributed by atoms with Crippen LogP contribution < -0.4 is 9.47 Å². The Kier molecular flexibility index (Phi) is 7.12. The van der Waals surface area contributed by atoms with Crippen LogP contribution in [0, 0.1) is 53.5 Å². The third-order valence-electron chi connectivity index (χ3n) is 5.55. The minimum Gasteiger partial charge on any atom is -0.491 e. The van der Waals surface area contributed by atoms with Gasteiger partial charge in [-0.05, 0) is 31.2 Å². The highest BCUT2D eigenvalue weighted by Crippen LogP contribution is 2.42. The molecule has 0 aromatic heterocycles. The Morgan fingerprint density at radius 2 is 0.921 bits per heavy atom. The van der Waals surface area contributed by atoms with Crippen LogP contribution in [-0.2, 0) is 0 Å². The fourth-order valence-corrected chi connectivity index (χ4v) is 3.59. The summed E-state index contributed by atoms with van der Waals surface area (Å²) in [5.41, 5.74) is -2.63. The maximum Gasteiger partial charge on any atom is 0.205 e. The van der Waals surface area contributed by atoms with Crippen LogP contribution in [0.15, 0.2) is 48.5 Å². The standard InChI is InChI=1S/C27H14F8O3/c1-11-3-5-12(6-4-11)25(36)13-7-9-14(10-8-13)38-27-23(34)19(30)16(20(31)24(27)35)15-17(28)21(32)26(37-2)22(33)18(15)29/h3-10H,1-2H3. The molecule has 3 nitrogen and oxygen atoms in total. The lowest BCUT2D eigenvalue weighted by Crippen LogP contribution is -2.09. The topological polar surface area (TPSA) is 35.5 Å². The monoisotopic (exact) mass is 538 g/mol. The van der Waals surface area contributed by atoms with Crippen LogP contribution in [0.3, 0.4) is 0 Å². The molecule has 0 N–H and O–H groups in total. The number of carbonyl (C=O) groups excluding carboxylic acids is 1. The van der Waals surface area contributed by atoms with Crippen molar-refractivity contribution in [2.24, 2.45) is 0 Å². The van der Waals surface area contributed by atoms with E-state index in [1.165, 1.54) is 12.1 Å². The van der Waals surface area contributed by atoms with Crippen LogP contribution in [0.25, 0.3) is 11.1 Å². The van der Waals surface area contributed by atoms with Gasteiger partial charge >= 0.3 is 0 Å². The van der Waals surface area contributed by atoms with Crippen LogP contribution in [0.2, 0.25) is 0 Å². The molecular formula is C27H14F8O3. The van der Waals surface area contributed by atoms with Gasteiger partial charge in [0, 0.05) is 11.1 Å². The van der Waals surface area contributed by atoms with Crippen molar-refractivity contribution >= 4 is 5.78 Å². The van der Waals surface area contributed by atoms with E-state index in [9.17, 15) is 39.9 Å². The maximum absolute atomic E-state index is 14.8. The van der Waals surface area contributed by atoms with Gasteiger partial charge in [0.15, 0.2) is 34.8 Å². The highest BCUT2D eigenvalue weighted by Gasteiger charge is 2.35. The van der Waals surface area contributed by atoms with Gasteiger partial charge in [0.1, 0.15) is 5.75 Å². The van der Waals surface area contributed by atoms with Gasteiger partial charge in [-0.15, -0.1) is 0 Å². The molecule has 0 radical (unpaired) electrons. The van der Waals surface area contributed by atoms with Crippen molar-refractivity contribution in [2.75, 3.05) is 7.11 Å². The predicted molar refractivity (Wildman–Crippen MR) is 119 cm³/mol. The largest absolute Gasteiger partial charge is 0.491 e. The Bertz CT molecular complexity index is 1510. The fraction of sp³-hybridized carbons (Fsp3) is 0.0741. The summed E-state index contributed by atoms with van der Waals surface area (Å²) in [5.74, 6) is -22.2. The number of hydrogen-bond acceptors (Lipinski definition) is 3. The first-order valence-corrected chi connectivity index (χ1v) is 10.6. The molecule has 0 spiro atoms. The van der Waals surface area contributed by atoms with Gasteiger partial charge in [0.2, 0.25) is 29.0 Å². The molecule has 38 heavy (non-hydrogen) atoms. The van der Waals surface area contributed by atoms with Crippen molar-refractivity contribution in [2.45, 2.75) is 6.92 Å². The van der Waals surface area contributed by atoms with Crippen molar-refractivity contribution < 1.29 is 49.4 Å². The average molecular weight is 538 g/mol. The summed E-state index contributed by atoms with van der Waals surface area (Å²) in [6.07, 6.45) is 0. The maximum atomic E-state index is 14.8. The first-order chi connectivity index (χ1) is 18.0. The van der Waals surface area contributed by atoms with Gasteiger partial charge in [-0.25, -0.2) is 17.6 Å². The van der Waals surface area contributed by atoms with E-state index in [1.54, 1.807) is 24.3 Å². The van der Waals surface area contributed by atoms with Crippen molar-refractivity contribution in [3.8, 4) is 28.4 Å². The molecule has 4 rings (SSSR count). The minimum atomic E-state index is -2.38. The van der Waals surface area contributed by atoms with E-state index in [1.807, 2.05) is 6.92 Å². The van der Waals surface area contributed by atoms with Crippen LogP contribution in [-0.4, -0.2) is 12.9 Å². The van der Waals surface area contributed by atoms with Crippen molar-refractivity contribution in [1.82, 2.24) is 0 Å². The van der Waals surface area contributed by atoms with Crippen molar-refractivity contribution in [1.29, 1.82) is 0 Å². The number of ketones is 1. The van der Waals surface area contributed by atoms with E-state index in [2.05, 4.69) is 4.74 Å². The molecular weight excluding hydrogens is 524 g/mol. The molecule has 0 aliphatic heterocycles. The average Bonchev–Trinajstić information content (AvgIpc) is 2.91. The Labute approximate surface area is 209 Å². The summed E-state index contributed by atoms with van der Waals surface area (Å²) in [6.45, 7) is 1.83. The third kappa shape index (κ3) is 4.44. The van der Waals surface area contributed by atoms with Gasteiger partial charge in [-0.1, -0.05) is 29.8 Å². The van der Waals surface area contributed by atoms with E-state index >= 15 is 0 Å². The molecule has 0 aliphatic rings. The predicted octanol–water partition coefficient (Wildman–Crippen LogP) is 7.81. The summed E-state index contributed by atoms with van der Waals surface area (Å²) in [7, 11) is 0.664. The molecule has 0 fully saturated rings. The Morgan fingerprint density at radius 3 is 1.32 bits per heavy atom. The van der Waals surface area contributed by atoms with E-state index in [-0.39, 0.29) is 11.3 Å². The van der Waals surface area contributed by atoms with Gasteiger partial charge in [-0.2, -0.15) is 17.6 Å². The molecule has 0 saturated carbocycles. The number of rotatable bonds is 6. The molecule has 11 heteroatoms. The first kappa shape index (κ1) is 26.6. The van der Waals surface area contributed by atoms with Crippen LogP contribution in [0.1, 0.15) is 21.5 Å².